The van der Waals surface area contributed by atoms with E-state index in [1.165, 1.54) is 6.33 Å². The highest BCUT2D eigenvalue weighted by Gasteiger charge is 2.08. The quantitative estimate of drug-likeness (QED) is 0.736. The molecule has 0 aliphatic heterocycles. The molecule has 2 heterocycles. The van der Waals surface area contributed by atoms with Gasteiger partial charge in [-0.1, -0.05) is 17.7 Å². The summed E-state index contributed by atoms with van der Waals surface area (Å²) < 4.78 is 15.2. The molecule has 3 rings (SSSR count). The van der Waals surface area contributed by atoms with Crippen molar-refractivity contribution in [3.05, 3.63) is 52.5 Å². The molecule has 1 N–H and O–H groups in total. The summed E-state index contributed by atoms with van der Waals surface area (Å²) >= 11 is 7.31. The monoisotopic (exact) mass is 307 g/mol. The fourth-order valence-electron chi connectivity index (χ4n) is 2.00. The minimum atomic E-state index is -0.133. The van der Waals surface area contributed by atoms with Crippen LogP contribution in [-0.2, 0) is 6.42 Å². The van der Waals surface area contributed by atoms with Crippen molar-refractivity contribution in [3.63, 3.8) is 0 Å². The maximum absolute atomic E-state index is 14.2. The lowest BCUT2D eigenvalue weighted by molar-refractivity contribution is 0.623. The molecule has 0 atom stereocenters. The number of rotatable bonds is 4. The number of nitrogens with zero attached hydrogens (tertiary/aromatic N) is 2. The number of aromatic nitrogens is 2. The first-order valence-electron chi connectivity index (χ1n) is 6.10. The lowest BCUT2D eigenvalue weighted by Gasteiger charge is -2.07. The highest BCUT2D eigenvalue weighted by molar-refractivity contribution is 7.17. The predicted molar refractivity (Wildman–Crippen MR) is 81.0 cm³/mol. The molecular weight excluding hydrogens is 297 g/mol. The number of hydrogen-bond acceptors (Lipinski definition) is 4. The SMILES string of the molecule is Fc1c(CCNc2cc(Cl)ncn2)ccc2sccc12. The topological polar surface area (TPSA) is 37.8 Å². The number of anilines is 1. The number of thiophene rings is 1. The molecule has 0 fully saturated rings. The van der Waals surface area contributed by atoms with Crippen molar-refractivity contribution >= 4 is 38.8 Å². The summed E-state index contributed by atoms with van der Waals surface area (Å²) in [5.41, 5.74) is 0.698. The molecule has 0 bridgehead atoms. The van der Waals surface area contributed by atoms with Gasteiger partial charge in [0, 0.05) is 22.7 Å². The van der Waals surface area contributed by atoms with E-state index in [-0.39, 0.29) is 5.82 Å². The van der Waals surface area contributed by atoms with Gasteiger partial charge in [0.15, 0.2) is 0 Å². The van der Waals surface area contributed by atoms with Crippen LogP contribution in [0, 0.1) is 5.82 Å². The standard InChI is InChI=1S/C14H11ClFN3S/c15-12-7-13(19-8-18-12)17-5-3-9-1-2-11-10(14(9)16)4-6-20-11/h1-2,4,6-8H,3,5H2,(H,17,18,19). The van der Waals surface area contributed by atoms with Gasteiger partial charge in [0.25, 0.3) is 0 Å². The Bertz CT molecular complexity index is 744. The molecule has 3 nitrogen and oxygen atoms in total. The fraction of sp³-hybridized carbons (Fsp3) is 0.143. The Kier molecular flexibility index (Phi) is 3.80. The molecule has 1 aromatic carbocycles. The third-order valence-electron chi connectivity index (χ3n) is 2.98. The van der Waals surface area contributed by atoms with E-state index in [1.54, 1.807) is 17.4 Å². The van der Waals surface area contributed by atoms with Crippen molar-refractivity contribution in [1.82, 2.24) is 9.97 Å². The Hall–Kier alpha value is -1.72. The van der Waals surface area contributed by atoms with Crippen molar-refractivity contribution in [2.45, 2.75) is 6.42 Å². The molecule has 0 spiro atoms. The molecule has 102 valence electrons. The van der Waals surface area contributed by atoms with E-state index in [4.69, 9.17) is 11.6 Å². The molecule has 0 saturated carbocycles. The van der Waals surface area contributed by atoms with Crippen molar-refractivity contribution < 1.29 is 4.39 Å². The molecule has 0 aliphatic rings. The molecule has 0 saturated heterocycles. The molecule has 0 unspecified atom stereocenters. The molecular formula is C14H11ClFN3S. The fourth-order valence-corrected chi connectivity index (χ4v) is 2.93. The molecule has 3 aromatic rings. The molecule has 0 amide bonds. The minimum absolute atomic E-state index is 0.133. The van der Waals surface area contributed by atoms with Crippen LogP contribution in [0.15, 0.2) is 36.0 Å². The lowest BCUT2D eigenvalue weighted by Crippen LogP contribution is -2.07. The highest BCUT2D eigenvalue weighted by Crippen LogP contribution is 2.26. The van der Waals surface area contributed by atoms with Crippen LogP contribution in [0.4, 0.5) is 10.2 Å². The van der Waals surface area contributed by atoms with Crippen molar-refractivity contribution in [2.75, 3.05) is 11.9 Å². The third kappa shape index (κ3) is 2.73. The van der Waals surface area contributed by atoms with Crippen LogP contribution in [0.25, 0.3) is 10.1 Å². The zero-order chi connectivity index (χ0) is 13.9. The minimum Gasteiger partial charge on any atom is -0.370 e. The van der Waals surface area contributed by atoms with Crippen LogP contribution >= 0.6 is 22.9 Å². The van der Waals surface area contributed by atoms with E-state index in [1.807, 2.05) is 23.6 Å². The first-order valence-corrected chi connectivity index (χ1v) is 7.36. The lowest BCUT2D eigenvalue weighted by atomic mass is 10.1. The Morgan fingerprint density at radius 3 is 3.00 bits per heavy atom. The normalized spacial score (nSPS) is 10.9. The Balaban J connectivity index is 1.69. The van der Waals surface area contributed by atoms with Crippen LogP contribution in [-0.4, -0.2) is 16.5 Å². The van der Waals surface area contributed by atoms with Crippen molar-refractivity contribution in [2.24, 2.45) is 0 Å². The number of nitrogens with one attached hydrogen (secondary N) is 1. The number of halogens is 2. The zero-order valence-electron chi connectivity index (χ0n) is 10.4. The maximum Gasteiger partial charge on any atom is 0.135 e. The first-order chi connectivity index (χ1) is 9.74. The first kappa shape index (κ1) is 13.3. The van der Waals surface area contributed by atoms with Gasteiger partial charge in [-0.05, 0) is 29.5 Å². The second kappa shape index (κ2) is 5.73. The van der Waals surface area contributed by atoms with Crippen LogP contribution in [0.5, 0.6) is 0 Å². The summed E-state index contributed by atoms with van der Waals surface area (Å²) in [5.74, 6) is 0.508. The van der Waals surface area contributed by atoms with Gasteiger partial charge in [-0.2, -0.15) is 0 Å². The van der Waals surface area contributed by atoms with Gasteiger partial charge in [0.1, 0.15) is 23.1 Å². The third-order valence-corrected chi connectivity index (χ3v) is 4.07. The van der Waals surface area contributed by atoms with E-state index >= 15 is 0 Å². The summed E-state index contributed by atoms with van der Waals surface area (Å²) in [6.45, 7) is 0.583. The van der Waals surface area contributed by atoms with Crippen molar-refractivity contribution in [3.8, 4) is 0 Å². The summed E-state index contributed by atoms with van der Waals surface area (Å²) in [6, 6.07) is 7.25. The molecule has 0 aliphatic carbocycles. The van der Waals surface area contributed by atoms with Gasteiger partial charge in [-0.3, -0.25) is 0 Å². The van der Waals surface area contributed by atoms with Gasteiger partial charge < -0.3 is 5.32 Å². The van der Waals surface area contributed by atoms with Gasteiger partial charge in [-0.25, -0.2) is 14.4 Å². The van der Waals surface area contributed by atoms with Gasteiger partial charge >= 0.3 is 0 Å². The summed E-state index contributed by atoms with van der Waals surface area (Å²) in [6.07, 6.45) is 1.97. The van der Waals surface area contributed by atoms with Crippen molar-refractivity contribution in [1.29, 1.82) is 0 Å². The predicted octanol–water partition coefficient (Wildman–Crippen LogP) is 4.14. The van der Waals surface area contributed by atoms with E-state index in [0.29, 0.717) is 34.9 Å². The molecule has 20 heavy (non-hydrogen) atoms. The second-order valence-electron chi connectivity index (χ2n) is 4.27. The van der Waals surface area contributed by atoms with Crippen LogP contribution in [0.3, 0.4) is 0 Å². The van der Waals surface area contributed by atoms with Gasteiger partial charge in [0.05, 0.1) is 0 Å². The molecule has 0 radical (unpaired) electrons. The largest absolute Gasteiger partial charge is 0.370 e. The average molecular weight is 308 g/mol. The van der Waals surface area contributed by atoms with E-state index in [2.05, 4.69) is 15.3 Å². The van der Waals surface area contributed by atoms with Gasteiger partial charge in [0.2, 0.25) is 0 Å². The summed E-state index contributed by atoms with van der Waals surface area (Å²) in [4.78, 5) is 7.84. The van der Waals surface area contributed by atoms with E-state index in [0.717, 1.165) is 4.70 Å². The summed E-state index contributed by atoms with van der Waals surface area (Å²) in [5, 5.41) is 6.08. The number of fused-ring (bicyclic) bond motifs is 1. The molecule has 2 aromatic heterocycles. The average Bonchev–Trinajstić information content (AvgIpc) is 2.91. The highest BCUT2D eigenvalue weighted by atomic mass is 35.5. The van der Waals surface area contributed by atoms with Crippen LogP contribution in [0.2, 0.25) is 5.15 Å². The van der Waals surface area contributed by atoms with Crippen LogP contribution in [0.1, 0.15) is 5.56 Å². The van der Waals surface area contributed by atoms with E-state index in [9.17, 15) is 4.39 Å². The van der Waals surface area contributed by atoms with E-state index < -0.39 is 0 Å². The number of benzene rings is 1. The Morgan fingerprint density at radius 1 is 1.25 bits per heavy atom. The summed E-state index contributed by atoms with van der Waals surface area (Å²) in [7, 11) is 0. The Labute approximate surface area is 124 Å². The second-order valence-corrected chi connectivity index (χ2v) is 5.61. The number of hydrogen-bond donors (Lipinski definition) is 1. The Morgan fingerprint density at radius 2 is 2.15 bits per heavy atom. The molecule has 6 heteroatoms. The maximum atomic E-state index is 14.2. The smallest absolute Gasteiger partial charge is 0.135 e. The van der Waals surface area contributed by atoms with Crippen LogP contribution < -0.4 is 5.32 Å². The van der Waals surface area contributed by atoms with Gasteiger partial charge in [-0.15, -0.1) is 11.3 Å². The zero-order valence-corrected chi connectivity index (χ0v) is 12.0.